The Morgan fingerprint density at radius 2 is 1.84 bits per heavy atom. The van der Waals surface area contributed by atoms with E-state index in [0.717, 1.165) is 11.8 Å². The molecule has 3 rings (SSSR count). The average Bonchev–Trinajstić information content (AvgIpc) is 2.76. The third-order valence-corrected chi connectivity index (χ3v) is 5.05. The van der Waals surface area contributed by atoms with Crippen LogP contribution in [0.25, 0.3) is 0 Å². The molecule has 0 unspecified atom stereocenters. The summed E-state index contributed by atoms with van der Waals surface area (Å²) in [6.07, 6.45) is 3.02. The van der Waals surface area contributed by atoms with E-state index >= 15 is 0 Å². The van der Waals surface area contributed by atoms with Crippen molar-refractivity contribution in [2.45, 2.75) is 30.8 Å². The highest BCUT2D eigenvalue weighted by Gasteiger charge is 2.23. The molecule has 1 saturated heterocycles. The standard InChI is InChI=1S/C20H27N7O4S/c1-4-7-15(28)23-14-12-13(21)22-20(24-14)32-16-17(30-5-2)25-19(26-18(16)31-6-3)27-8-10-29-11-9-27/h4,7,12H,5-6,8-11H2,1-3H3,(H3,21,22,23,24,28). The molecular formula is C20H27N7O4S. The van der Waals surface area contributed by atoms with Crippen molar-refractivity contribution in [2.75, 3.05) is 55.5 Å². The minimum absolute atomic E-state index is 0.208. The SMILES string of the molecule is CC=CC(=O)Nc1cc(N)nc(Sc2c(OCC)nc(N3CCOCC3)nc2OCC)n1. The minimum Gasteiger partial charge on any atom is -0.477 e. The first kappa shape index (κ1) is 23.5. The van der Waals surface area contributed by atoms with Gasteiger partial charge in [-0.25, -0.2) is 9.97 Å². The van der Waals surface area contributed by atoms with Gasteiger partial charge in [-0.3, -0.25) is 4.79 Å². The number of nitrogens with two attached hydrogens (primary N) is 1. The first-order valence-electron chi connectivity index (χ1n) is 10.3. The van der Waals surface area contributed by atoms with E-state index in [0.29, 0.717) is 67.3 Å². The first-order valence-corrected chi connectivity index (χ1v) is 11.1. The molecule has 32 heavy (non-hydrogen) atoms. The Balaban J connectivity index is 1.96. The van der Waals surface area contributed by atoms with Gasteiger partial charge in [0.05, 0.1) is 26.4 Å². The summed E-state index contributed by atoms with van der Waals surface area (Å²) in [6, 6.07) is 1.48. The summed E-state index contributed by atoms with van der Waals surface area (Å²) in [5.74, 6) is 1.41. The van der Waals surface area contributed by atoms with Crippen molar-refractivity contribution in [3.8, 4) is 11.8 Å². The lowest BCUT2D eigenvalue weighted by atomic mass is 10.4. The number of carbonyl (C=O) groups excluding carboxylic acids is 1. The van der Waals surface area contributed by atoms with Gasteiger partial charge in [0.2, 0.25) is 23.6 Å². The maximum Gasteiger partial charge on any atom is 0.249 e. The van der Waals surface area contributed by atoms with E-state index in [9.17, 15) is 4.79 Å². The molecule has 0 spiro atoms. The second kappa shape index (κ2) is 11.5. The number of ether oxygens (including phenoxy) is 3. The van der Waals surface area contributed by atoms with Crippen LogP contribution in [0.3, 0.4) is 0 Å². The van der Waals surface area contributed by atoms with Gasteiger partial charge in [0.15, 0.2) is 5.16 Å². The topological polar surface area (TPSA) is 138 Å². The molecule has 2 aromatic heterocycles. The fourth-order valence-corrected chi connectivity index (χ4v) is 3.69. The van der Waals surface area contributed by atoms with Crippen LogP contribution in [-0.4, -0.2) is 65.4 Å². The lowest BCUT2D eigenvalue weighted by Crippen LogP contribution is -2.37. The molecule has 0 bridgehead atoms. The highest BCUT2D eigenvalue weighted by molar-refractivity contribution is 7.99. The Hall–Kier alpha value is -3.12. The maximum absolute atomic E-state index is 11.9. The van der Waals surface area contributed by atoms with Crippen LogP contribution in [-0.2, 0) is 9.53 Å². The van der Waals surface area contributed by atoms with Gasteiger partial charge < -0.3 is 30.2 Å². The Bertz CT molecular complexity index is 940. The number of nitrogens with zero attached hydrogens (tertiary/aromatic N) is 5. The molecule has 1 fully saturated rings. The second-order valence-electron chi connectivity index (χ2n) is 6.48. The molecular weight excluding hydrogens is 434 g/mol. The summed E-state index contributed by atoms with van der Waals surface area (Å²) in [4.78, 5) is 32.3. The molecule has 1 aliphatic rings. The summed E-state index contributed by atoms with van der Waals surface area (Å²) in [6.45, 7) is 8.87. The van der Waals surface area contributed by atoms with E-state index in [4.69, 9.17) is 19.9 Å². The smallest absolute Gasteiger partial charge is 0.249 e. The number of morpholine rings is 1. The van der Waals surface area contributed by atoms with Crippen molar-refractivity contribution >= 4 is 35.3 Å². The van der Waals surface area contributed by atoms with Crippen molar-refractivity contribution in [3.63, 3.8) is 0 Å². The number of allylic oxidation sites excluding steroid dienone is 1. The third-order valence-electron chi connectivity index (χ3n) is 4.14. The Labute approximate surface area is 190 Å². The molecule has 1 aliphatic heterocycles. The third kappa shape index (κ3) is 6.20. The first-order chi connectivity index (χ1) is 15.5. The molecule has 172 valence electrons. The van der Waals surface area contributed by atoms with Gasteiger partial charge in [0.25, 0.3) is 0 Å². The minimum atomic E-state index is -0.315. The number of nitrogen functional groups attached to an aromatic ring is 1. The molecule has 0 radical (unpaired) electrons. The quantitative estimate of drug-likeness (QED) is 0.419. The molecule has 3 heterocycles. The monoisotopic (exact) mass is 461 g/mol. The molecule has 11 nitrogen and oxygen atoms in total. The van der Waals surface area contributed by atoms with E-state index in [1.54, 1.807) is 13.0 Å². The molecule has 3 N–H and O–H groups in total. The zero-order valence-corrected chi connectivity index (χ0v) is 19.1. The number of rotatable bonds is 9. The number of hydrogen-bond acceptors (Lipinski definition) is 11. The predicted molar refractivity (Wildman–Crippen MR) is 121 cm³/mol. The van der Waals surface area contributed by atoms with E-state index in [1.165, 1.54) is 12.1 Å². The number of carbonyl (C=O) groups is 1. The molecule has 0 saturated carbocycles. The summed E-state index contributed by atoms with van der Waals surface area (Å²) < 4.78 is 17.0. The molecule has 0 atom stereocenters. The van der Waals surface area contributed by atoms with Crippen LogP contribution in [0.4, 0.5) is 17.6 Å². The molecule has 0 aliphatic carbocycles. The maximum atomic E-state index is 11.9. The predicted octanol–water partition coefficient (Wildman–Crippen LogP) is 2.15. The highest BCUT2D eigenvalue weighted by Crippen LogP contribution is 2.40. The molecule has 2 aromatic rings. The molecule has 0 aromatic carbocycles. The van der Waals surface area contributed by atoms with Crippen molar-refractivity contribution in [1.29, 1.82) is 0 Å². The normalized spacial score (nSPS) is 13.9. The average molecular weight is 462 g/mol. The van der Waals surface area contributed by atoms with Crippen molar-refractivity contribution in [1.82, 2.24) is 19.9 Å². The van der Waals surface area contributed by atoms with Crippen LogP contribution in [0.1, 0.15) is 20.8 Å². The van der Waals surface area contributed by atoms with Crippen LogP contribution < -0.4 is 25.4 Å². The van der Waals surface area contributed by atoms with Crippen molar-refractivity contribution in [2.24, 2.45) is 0 Å². The fourth-order valence-electron chi connectivity index (χ4n) is 2.82. The van der Waals surface area contributed by atoms with Crippen LogP contribution in [0, 0.1) is 0 Å². The van der Waals surface area contributed by atoms with E-state index < -0.39 is 0 Å². The van der Waals surface area contributed by atoms with E-state index in [-0.39, 0.29) is 17.5 Å². The van der Waals surface area contributed by atoms with Gasteiger partial charge in [-0.1, -0.05) is 6.08 Å². The largest absolute Gasteiger partial charge is 0.477 e. The highest BCUT2D eigenvalue weighted by atomic mass is 32.2. The number of hydrogen-bond donors (Lipinski definition) is 2. The number of anilines is 3. The Morgan fingerprint density at radius 1 is 1.19 bits per heavy atom. The lowest BCUT2D eigenvalue weighted by Gasteiger charge is -2.27. The molecule has 12 heteroatoms. The van der Waals surface area contributed by atoms with Gasteiger partial charge in [0, 0.05) is 19.2 Å². The van der Waals surface area contributed by atoms with Crippen LogP contribution in [0.2, 0.25) is 0 Å². The van der Waals surface area contributed by atoms with Gasteiger partial charge >= 0.3 is 0 Å². The van der Waals surface area contributed by atoms with Crippen LogP contribution >= 0.6 is 11.8 Å². The summed E-state index contributed by atoms with van der Waals surface area (Å²) in [5.41, 5.74) is 5.93. The Kier molecular flexibility index (Phi) is 8.45. The summed E-state index contributed by atoms with van der Waals surface area (Å²) in [5, 5.41) is 2.96. The van der Waals surface area contributed by atoms with Crippen molar-refractivity contribution < 1.29 is 19.0 Å². The zero-order chi connectivity index (χ0) is 22.9. The van der Waals surface area contributed by atoms with Gasteiger partial charge in [-0.15, -0.1) is 0 Å². The fraction of sp³-hybridized carbons (Fsp3) is 0.450. The lowest BCUT2D eigenvalue weighted by molar-refractivity contribution is -0.111. The van der Waals surface area contributed by atoms with E-state index in [1.807, 2.05) is 18.7 Å². The van der Waals surface area contributed by atoms with Crippen LogP contribution in [0.5, 0.6) is 11.8 Å². The van der Waals surface area contributed by atoms with E-state index in [2.05, 4.69) is 25.3 Å². The number of amides is 1. The second-order valence-corrected chi connectivity index (χ2v) is 7.46. The van der Waals surface area contributed by atoms with Gasteiger partial charge in [0.1, 0.15) is 16.5 Å². The van der Waals surface area contributed by atoms with Crippen molar-refractivity contribution in [3.05, 3.63) is 18.2 Å². The zero-order valence-electron chi connectivity index (χ0n) is 18.3. The molecule has 1 amide bonds. The summed E-state index contributed by atoms with van der Waals surface area (Å²) in [7, 11) is 0. The number of nitrogens with one attached hydrogen (secondary N) is 1. The van der Waals surface area contributed by atoms with Gasteiger partial charge in [-0.05, 0) is 38.6 Å². The van der Waals surface area contributed by atoms with Crippen LogP contribution in [0.15, 0.2) is 28.3 Å². The van der Waals surface area contributed by atoms with Gasteiger partial charge in [-0.2, -0.15) is 9.97 Å². The number of aromatic nitrogens is 4. The Morgan fingerprint density at radius 3 is 2.44 bits per heavy atom. The summed E-state index contributed by atoms with van der Waals surface area (Å²) >= 11 is 1.16.